The summed E-state index contributed by atoms with van der Waals surface area (Å²) in [6, 6.07) is 0. The van der Waals surface area contributed by atoms with Gasteiger partial charge in [-0.15, -0.1) is 0 Å². The van der Waals surface area contributed by atoms with Crippen LogP contribution in [-0.4, -0.2) is 12.1 Å². The van der Waals surface area contributed by atoms with E-state index in [0.717, 1.165) is 93.3 Å². The number of esters is 1. The van der Waals surface area contributed by atoms with Crippen molar-refractivity contribution >= 4 is 5.97 Å². The Bertz CT molecular complexity index is 1230. The molecule has 0 aliphatic heterocycles. The molecule has 4 saturated carbocycles. The second-order valence-corrected chi connectivity index (χ2v) is 17.9. The third-order valence-corrected chi connectivity index (χ3v) is 14.6. The van der Waals surface area contributed by atoms with Gasteiger partial charge in [0, 0.05) is 6.42 Å². The molecule has 9 atom stereocenters. The number of ether oxygens (including phenoxy) is 1. The molecule has 0 saturated heterocycles. The summed E-state index contributed by atoms with van der Waals surface area (Å²) >= 11 is 0. The highest BCUT2D eigenvalue weighted by Gasteiger charge is 2.60. The van der Waals surface area contributed by atoms with Crippen LogP contribution in [-0.2, 0) is 9.53 Å². The molecule has 0 amide bonds. The lowest BCUT2D eigenvalue weighted by atomic mass is 9.44. The molecule has 0 spiro atoms. The highest BCUT2D eigenvalue weighted by Crippen LogP contribution is 2.68. The van der Waals surface area contributed by atoms with Crippen LogP contribution in [0.1, 0.15) is 170 Å². The molecule has 2 heteroatoms. The van der Waals surface area contributed by atoms with Crippen LogP contribution >= 0.6 is 0 Å². The first kappa shape index (κ1) is 41.7. The molecule has 0 heterocycles. The molecular formula is C49H78O2. The maximum absolute atomic E-state index is 12.8. The monoisotopic (exact) mass is 699 g/mol. The number of carbonyl (C=O) groups excluding carboxylic acids is 1. The van der Waals surface area contributed by atoms with Crippen molar-refractivity contribution in [3.63, 3.8) is 0 Å². The van der Waals surface area contributed by atoms with E-state index in [2.05, 4.69) is 115 Å². The van der Waals surface area contributed by atoms with Gasteiger partial charge in [0.15, 0.2) is 0 Å². The average molecular weight is 699 g/mol. The fraction of sp³-hybridized carbons (Fsp3) is 0.735. The van der Waals surface area contributed by atoms with Crippen molar-refractivity contribution in [3.05, 3.63) is 72.4 Å². The van der Waals surface area contributed by atoms with E-state index < -0.39 is 0 Å². The maximum atomic E-state index is 12.8. The minimum atomic E-state index is 0.0270. The van der Waals surface area contributed by atoms with Gasteiger partial charge in [0.25, 0.3) is 0 Å². The second-order valence-electron chi connectivity index (χ2n) is 17.9. The van der Waals surface area contributed by atoms with Gasteiger partial charge in [-0.3, -0.25) is 4.79 Å². The topological polar surface area (TPSA) is 26.3 Å². The van der Waals surface area contributed by atoms with Crippen LogP contribution < -0.4 is 0 Å². The average Bonchev–Trinajstić information content (AvgIpc) is 3.47. The van der Waals surface area contributed by atoms with Gasteiger partial charge in [-0.25, -0.2) is 0 Å². The fourth-order valence-corrected chi connectivity index (χ4v) is 11.6. The van der Waals surface area contributed by atoms with Crippen molar-refractivity contribution in [1.29, 1.82) is 0 Å². The molecule has 286 valence electrons. The van der Waals surface area contributed by atoms with Gasteiger partial charge < -0.3 is 4.74 Å². The number of allylic oxidation sites excluding steroid dienone is 12. The molecule has 0 N–H and O–H groups in total. The molecule has 0 bridgehead atoms. The third-order valence-electron chi connectivity index (χ3n) is 14.6. The van der Waals surface area contributed by atoms with E-state index in [-0.39, 0.29) is 12.1 Å². The molecule has 4 aliphatic rings. The number of hydrogen-bond acceptors (Lipinski definition) is 2. The summed E-state index contributed by atoms with van der Waals surface area (Å²) in [5.41, 5.74) is 2.63. The van der Waals surface area contributed by atoms with Crippen LogP contribution in [0.25, 0.3) is 0 Å². The lowest BCUT2D eigenvalue weighted by Gasteiger charge is -2.61. The van der Waals surface area contributed by atoms with Crippen molar-refractivity contribution in [1.82, 2.24) is 0 Å². The summed E-state index contributed by atoms with van der Waals surface area (Å²) in [7, 11) is 0. The van der Waals surface area contributed by atoms with Gasteiger partial charge in [-0.2, -0.15) is 0 Å². The molecule has 0 aromatic heterocycles. The normalized spacial score (nSPS) is 33.5. The van der Waals surface area contributed by atoms with Crippen LogP contribution in [0, 0.1) is 52.3 Å². The van der Waals surface area contributed by atoms with Crippen LogP contribution in [0.3, 0.4) is 0 Å². The Morgan fingerprint density at radius 2 is 1.33 bits per heavy atom. The smallest absolute Gasteiger partial charge is 0.306 e. The van der Waals surface area contributed by atoms with E-state index in [1.54, 1.807) is 5.57 Å². The summed E-state index contributed by atoms with van der Waals surface area (Å²) in [6.07, 6.45) is 46.9. The summed E-state index contributed by atoms with van der Waals surface area (Å²) in [6.45, 7) is 17.1. The highest BCUT2D eigenvalue weighted by atomic mass is 16.5. The van der Waals surface area contributed by atoms with E-state index in [1.807, 2.05) is 0 Å². The Morgan fingerprint density at radius 3 is 1.96 bits per heavy atom. The highest BCUT2D eigenvalue weighted by molar-refractivity contribution is 5.69. The molecule has 51 heavy (non-hydrogen) atoms. The first-order valence-electron chi connectivity index (χ1n) is 21.7. The Morgan fingerprint density at radius 1 is 0.725 bits per heavy atom. The van der Waals surface area contributed by atoms with Crippen molar-refractivity contribution in [2.75, 3.05) is 0 Å². The fourth-order valence-electron chi connectivity index (χ4n) is 11.6. The number of fused-ring (bicyclic) bond motifs is 5. The van der Waals surface area contributed by atoms with E-state index in [0.29, 0.717) is 23.2 Å². The van der Waals surface area contributed by atoms with Crippen molar-refractivity contribution in [2.24, 2.45) is 52.3 Å². The molecule has 4 aliphatic carbocycles. The summed E-state index contributed by atoms with van der Waals surface area (Å²) < 4.78 is 6.15. The zero-order valence-electron chi connectivity index (χ0n) is 34.2. The first-order chi connectivity index (χ1) is 24.6. The van der Waals surface area contributed by atoms with E-state index in [4.69, 9.17) is 4.74 Å². The number of rotatable bonds is 19. The van der Waals surface area contributed by atoms with E-state index >= 15 is 0 Å². The Kier molecular flexibility index (Phi) is 17.1. The minimum Gasteiger partial charge on any atom is -0.462 e. The summed E-state index contributed by atoms with van der Waals surface area (Å²) in [5.74, 6) is 5.87. The van der Waals surface area contributed by atoms with Gasteiger partial charge >= 0.3 is 5.97 Å². The molecule has 4 rings (SSSR count). The van der Waals surface area contributed by atoms with Gasteiger partial charge in [0.05, 0.1) is 0 Å². The van der Waals surface area contributed by atoms with Crippen molar-refractivity contribution < 1.29 is 9.53 Å². The van der Waals surface area contributed by atoms with Crippen molar-refractivity contribution in [2.45, 2.75) is 177 Å². The molecule has 2 nitrogen and oxygen atoms in total. The van der Waals surface area contributed by atoms with Crippen LogP contribution in [0.5, 0.6) is 0 Å². The summed E-state index contributed by atoms with van der Waals surface area (Å²) in [4.78, 5) is 12.8. The summed E-state index contributed by atoms with van der Waals surface area (Å²) in [5, 5.41) is 0. The molecule has 4 fully saturated rings. The third kappa shape index (κ3) is 11.5. The van der Waals surface area contributed by atoms with Crippen LogP contribution in [0.4, 0.5) is 0 Å². The molecule has 0 aromatic carbocycles. The lowest BCUT2D eigenvalue weighted by molar-refractivity contribution is -0.162. The van der Waals surface area contributed by atoms with E-state index in [9.17, 15) is 4.79 Å². The standard InChI is InChI=1S/C49H78O2/c1-8-10-11-12-13-14-15-16-17-18-19-20-21-22-23-24-25-26-47(50)51-42-33-35-48(6)41(37-42)29-30-43-45-32-31-44(49(45,7)36-34-46(43)48)39(5)27-28-40(9-2)38(3)4/h9-11,13-14,16-17,19-20,22-23,38-39,41-46H,8,12,15,18,21,24-37H2,1-7H3/b11-10+,14-13+,17-16+,20-19+,23-22+,40-9-/t39?,41?,42-,43?,44?,45?,46?,48?,49?/m0/s1. The second kappa shape index (κ2) is 21.0. The predicted molar refractivity (Wildman–Crippen MR) is 220 cm³/mol. The van der Waals surface area contributed by atoms with Gasteiger partial charge in [0.1, 0.15) is 6.10 Å². The quantitative estimate of drug-likeness (QED) is 0.0762. The molecule has 0 aromatic rings. The molecule has 0 radical (unpaired) electrons. The van der Waals surface area contributed by atoms with Crippen LogP contribution in [0.15, 0.2) is 72.4 Å². The molecule has 8 unspecified atom stereocenters. The minimum absolute atomic E-state index is 0.0270. The SMILES string of the molecule is C/C=C(/CCC(C)C1CCC2C3CCC4C[C@@H](OC(=O)CCC/C=C/C/C=C/C/C=C/C/C=C/C/C=C/CC)CCC4(C)C3CCC12C)C(C)C. The first-order valence-corrected chi connectivity index (χ1v) is 21.7. The number of carbonyl (C=O) groups is 1. The van der Waals surface area contributed by atoms with E-state index in [1.165, 1.54) is 57.8 Å². The zero-order chi connectivity index (χ0) is 36.7. The maximum Gasteiger partial charge on any atom is 0.306 e. The largest absolute Gasteiger partial charge is 0.462 e. The van der Waals surface area contributed by atoms with Gasteiger partial charge in [0.2, 0.25) is 0 Å². The molecular weight excluding hydrogens is 621 g/mol. The predicted octanol–water partition coefficient (Wildman–Crippen LogP) is 14.5. The Balaban J connectivity index is 1.13. The Labute approximate surface area is 315 Å². The zero-order valence-corrected chi connectivity index (χ0v) is 34.2. The number of unbranched alkanes of at least 4 members (excludes halogenated alkanes) is 1. The van der Waals surface area contributed by atoms with Gasteiger partial charge in [-0.1, -0.05) is 114 Å². The number of hydrogen-bond donors (Lipinski definition) is 0. The van der Waals surface area contributed by atoms with Crippen molar-refractivity contribution in [3.8, 4) is 0 Å². The lowest BCUT2D eigenvalue weighted by Crippen LogP contribution is -2.54. The Hall–Kier alpha value is -2.09. The van der Waals surface area contributed by atoms with Crippen LogP contribution in [0.2, 0.25) is 0 Å². The van der Waals surface area contributed by atoms with Gasteiger partial charge in [-0.05, 0) is 175 Å².